The minimum absolute atomic E-state index is 0.105. The van der Waals surface area contributed by atoms with E-state index < -0.39 is 0 Å². The topological polar surface area (TPSA) is 56.4 Å². The van der Waals surface area contributed by atoms with E-state index in [1.165, 1.54) is 21.4 Å². The molecule has 5 rings (SSSR count). The number of H-pyrrole nitrogens is 1. The first kappa shape index (κ1) is 18.1. The molecule has 5 nitrogen and oxygen atoms in total. The van der Waals surface area contributed by atoms with Gasteiger partial charge in [-0.15, -0.1) is 0 Å². The van der Waals surface area contributed by atoms with Crippen LogP contribution in [0.1, 0.15) is 43.0 Å². The van der Waals surface area contributed by atoms with Crippen LogP contribution in [0, 0.1) is 0 Å². The van der Waals surface area contributed by atoms with E-state index in [2.05, 4.69) is 41.9 Å². The Bertz CT molecular complexity index is 1100. The van der Waals surface area contributed by atoms with Gasteiger partial charge in [0.2, 0.25) is 5.91 Å². The van der Waals surface area contributed by atoms with Crippen LogP contribution < -0.4 is 4.90 Å². The number of hydrogen-bond donors (Lipinski definition) is 1. The number of carbonyl (C=O) groups is 2. The number of aromatic amines is 1. The molecule has 1 N–H and O–H groups in total. The fraction of sp³-hybridized carbons (Fsp3) is 0.333. The van der Waals surface area contributed by atoms with Gasteiger partial charge in [-0.25, -0.2) is 4.90 Å². The Kier molecular flexibility index (Phi) is 4.28. The number of amides is 2. The van der Waals surface area contributed by atoms with Gasteiger partial charge in [0.05, 0.1) is 18.2 Å². The Morgan fingerprint density at radius 3 is 2.55 bits per heavy atom. The van der Waals surface area contributed by atoms with Crippen molar-refractivity contribution in [3.63, 3.8) is 0 Å². The average molecular weight is 387 g/mol. The maximum absolute atomic E-state index is 13.2. The second-order valence-electron chi connectivity index (χ2n) is 8.38. The smallest absolute Gasteiger partial charge is 0.251 e. The number of benzene rings is 2. The van der Waals surface area contributed by atoms with E-state index in [0.717, 1.165) is 24.2 Å². The van der Waals surface area contributed by atoms with Crippen molar-refractivity contribution >= 4 is 28.4 Å². The lowest BCUT2D eigenvalue weighted by Crippen LogP contribution is -2.44. The highest BCUT2D eigenvalue weighted by molar-refractivity contribution is 6.22. The number of rotatable bonds is 3. The monoisotopic (exact) mass is 387 g/mol. The van der Waals surface area contributed by atoms with Gasteiger partial charge in [0, 0.05) is 29.7 Å². The molecule has 2 amide bonds. The van der Waals surface area contributed by atoms with Gasteiger partial charge in [-0.2, -0.15) is 0 Å². The van der Waals surface area contributed by atoms with E-state index in [1.807, 2.05) is 30.3 Å². The van der Waals surface area contributed by atoms with E-state index in [-0.39, 0.29) is 24.3 Å². The number of imide groups is 1. The molecule has 2 aliphatic rings. The first-order valence-corrected chi connectivity index (χ1v) is 10.3. The Morgan fingerprint density at radius 1 is 1.03 bits per heavy atom. The summed E-state index contributed by atoms with van der Waals surface area (Å²) >= 11 is 0. The molecule has 5 heteroatoms. The van der Waals surface area contributed by atoms with Gasteiger partial charge in [-0.3, -0.25) is 14.5 Å². The quantitative estimate of drug-likeness (QED) is 0.692. The van der Waals surface area contributed by atoms with E-state index in [9.17, 15) is 9.59 Å². The molecule has 1 unspecified atom stereocenters. The van der Waals surface area contributed by atoms with Gasteiger partial charge in [-0.05, 0) is 41.7 Å². The molecule has 0 aliphatic carbocycles. The van der Waals surface area contributed by atoms with E-state index in [0.29, 0.717) is 18.2 Å². The normalized spacial score (nSPS) is 20.1. The summed E-state index contributed by atoms with van der Waals surface area (Å²) in [7, 11) is 0. The highest BCUT2D eigenvalue weighted by Gasteiger charge is 2.43. The lowest BCUT2D eigenvalue weighted by atomic mass is 10.0. The van der Waals surface area contributed by atoms with Crippen molar-refractivity contribution in [2.75, 3.05) is 11.4 Å². The van der Waals surface area contributed by atoms with Crippen molar-refractivity contribution in [2.45, 2.75) is 45.2 Å². The molecule has 1 atom stereocenters. The summed E-state index contributed by atoms with van der Waals surface area (Å²) in [6.45, 7) is 5.73. The SMILES string of the molecule is CC(C)c1ccc(N2C(=O)CC(N3CCc4c([nH]c5ccccc45)C3)C2=O)cc1. The predicted octanol–water partition coefficient (Wildman–Crippen LogP) is 3.98. The number of hydrogen-bond acceptors (Lipinski definition) is 3. The number of nitrogens with one attached hydrogen (secondary N) is 1. The molecular formula is C24H25N3O2. The Morgan fingerprint density at radius 2 is 1.79 bits per heavy atom. The third-order valence-corrected chi connectivity index (χ3v) is 6.29. The standard InChI is InChI=1S/C24H25N3O2/c1-15(2)16-7-9-17(10-8-16)27-23(28)13-22(24(27)29)26-12-11-19-18-5-3-4-6-20(18)25-21(19)14-26/h3-10,15,22,25H,11-14H2,1-2H3. The van der Waals surface area contributed by atoms with Gasteiger partial charge in [0.1, 0.15) is 0 Å². The van der Waals surface area contributed by atoms with Crippen LogP contribution in [0.3, 0.4) is 0 Å². The molecule has 0 bridgehead atoms. The number of carbonyl (C=O) groups excluding carboxylic acids is 2. The summed E-state index contributed by atoms with van der Waals surface area (Å²) in [4.78, 5) is 32.9. The summed E-state index contributed by atoms with van der Waals surface area (Å²) < 4.78 is 0. The maximum Gasteiger partial charge on any atom is 0.251 e. The zero-order valence-corrected chi connectivity index (χ0v) is 16.8. The summed E-state index contributed by atoms with van der Waals surface area (Å²) in [5.74, 6) is 0.201. The molecule has 0 saturated carbocycles. The highest BCUT2D eigenvalue weighted by Crippen LogP contribution is 2.32. The van der Waals surface area contributed by atoms with E-state index in [1.54, 1.807) is 0 Å². The molecule has 1 saturated heterocycles. The van der Waals surface area contributed by atoms with Crippen LogP contribution in [0.4, 0.5) is 5.69 Å². The molecule has 2 aromatic carbocycles. The lowest BCUT2D eigenvalue weighted by Gasteiger charge is -2.30. The largest absolute Gasteiger partial charge is 0.357 e. The first-order valence-electron chi connectivity index (χ1n) is 10.3. The first-order chi connectivity index (χ1) is 14.0. The molecule has 3 aromatic rings. The van der Waals surface area contributed by atoms with Crippen molar-refractivity contribution in [2.24, 2.45) is 0 Å². The molecule has 3 heterocycles. The molecule has 0 spiro atoms. The van der Waals surface area contributed by atoms with Crippen molar-refractivity contribution in [3.05, 3.63) is 65.4 Å². The summed E-state index contributed by atoms with van der Waals surface area (Å²) in [6, 6.07) is 15.7. The number of aromatic nitrogens is 1. The van der Waals surface area contributed by atoms with Crippen LogP contribution >= 0.6 is 0 Å². The van der Waals surface area contributed by atoms with Crippen LogP contribution in [0.15, 0.2) is 48.5 Å². The van der Waals surface area contributed by atoms with Gasteiger partial charge < -0.3 is 4.98 Å². The number of fused-ring (bicyclic) bond motifs is 3. The van der Waals surface area contributed by atoms with Crippen molar-refractivity contribution < 1.29 is 9.59 Å². The molecule has 2 aliphatic heterocycles. The second kappa shape index (κ2) is 6.85. The van der Waals surface area contributed by atoms with Crippen LogP contribution in [0.25, 0.3) is 10.9 Å². The molecule has 1 fully saturated rings. The van der Waals surface area contributed by atoms with E-state index >= 15 is 0 Å². The van der Waals surface area contributed by atoms with Crippen molar-refractivity contribution in [3.8, 4) is 0 Å². The average Bonchev–Trinajstić information content (AvgIpc) is 3.24. The number of para-hydroxylation sites is 1. The zero-order valence-electron chi connectivity index (χ0n) is 16.8. The van der Waals surface area contributed by atoms with Crippen molar-refractivity contribution in [1.82, 2.24) is 9.88 Å². The Hall–Kier alpha value is -2.92. The molecule has 29 heavy (non-hydrogen) atoms. The predicted molar refractivity (Wildman–Crippen MR) is 114 cm³/mol. The van der Waals surface area contributed by atoms with Gasteiger partial charge in [-0.1, -0.05) is 44.2 Å². The fourth-order valence-electron chi connectivity index (χ4n) is 4.66. The van der Waals surface area contributed by atoms with Crippen LogP contribution in [-0.2, 0) is 22.6 Å². The van der Waals surface area contributed by atoms with Crippen LogP contribution in [0.5, 0.6) is 0 Å². The second-order valence-corrected chi connectivity index (χ2v) is 8.38. The minimum Gasteiger partial charge on any atom is -0.357 e. The Balaban J connectivity index is 1.38. The molecule has 148 valence electrons. The number of nitrogens with zero attached hydrogens (tertiary/aromatic N) is 2. The maximum atomic E-state index is 13.2. The van der Waals surface area contributed by atoms with E-state index in [4.69, 9.17) is 0 Å². The summed E-state index contributed by atoms with van der Waals surface area (Å²) in [6.07, 6.45) is 1.14. The van der Waals surface area contributed by atoms with Gasteiger partial charge in [0.25, 0.3) is 5.91 Å². The summed E-state index contributed by atoms with van der Waals surface area (Å²) in [5, 5.41) is 1.27. The third kappa shape index (κ3) is 2.97. The fourth-order valence-corrected chi connectivity index (χ4v) is 4.66. The Labute approximate surface area is 170 Å². The molecule has 0 radical (unpaired) electrons. The van der Waals surface area contributed by atoms with Gasteiger partial charge >= 0.3 is 0 Å². The minimum atomic E-state index is -0.383. The third-order valence-electron chi connectivity index (χ3n) is 6.29. The van der Waals surface area contributed by atoms with Crippen LogP contribution in [-0.4, -0.2) is 34.3 Å². The van der Waals surface area contributed by atoms with Crippen LogP contribution in [0.2, 0.25) is 0 Å². The summed E-state index contributed by atoms with van der Waals surface area (Å²) in [5.41, 5.74) is 5.52. The zero-order chi connectivity index (χ0) is 20.1. The van der Waals surface area contributed by atoms with Crippen molar-refractivity contribution in [1.29, 1.82) is 0 Å². The number of anilines is 1. The van der Waals surface area contributed by atoms with Gasteiger partial charge in [0.15, 0.2) is 0 Å². The molecular weight excluding hydrogens is 362 g/mol. The lowest BCUT2D eigenvalue weighted by molar-refractivity contribution is -0.123. The molecule has 1 aromatic heterocycles. The highest BCUT2D eigenvalue weighted by atomic mass is 16.2.